The quantitative estimate of drug-likeness (QED) is 0.223. The molecule has 0 aliphatic carbocycles. The van der Waals surface area contributed by atoms with Crippen LogP contribution >= 0.6 is 34.8 Å². The van der Waals surface area contributed by atoms with Crippen molar-refractivity contribution >= 4 is 70.6 Å². The van der Waals surface area contributed by atoms with Crippen LogP contribution in [-0.4, -0.2) is 85.8 Å². The molecule has 14 nitrogen and oxygen atoms in total. The van der Waals surface area contributed by atoms with Gasteiger partial charge in [-0.25, -0.2) is 0 Å². The molecule has 0 aromatic carbocycles. The predicted molar refractivity (Wildman–Crippen MR) is 232 cm³/mol. The van der Waals surface area contributed by atoms with Crippen LogP contribution in [0.2, 0.25) is 15.1 Å². The number of nitrogens with zero attached hydrogens (tertiary/aromatic N) is 8. The molecule has 0 unspecified atom stereocenters. The lowest BCUT2D eigenvalue weighted by atomic mass is 9.77. The van der Waals surface area contributed by atoms with Gasteiger partial charge in [0.2, 0.25) is 11.8 Å². The molecule has 3 aliphatic rings. The molecule has 0 spiro atoms. The summed E-state index contributed by atoms with van der Waals surface area (Å²) in [5, 5.41) is 10.6. The Kier molecular flexibility index (Phi) is 14.2. The molecule has 3 fully saturated rings. The van der Waals surface area contributed by atoms with Crippen molar-refractivity contribution in [3.8, 4) is 11.1 Å². The first-order chi connectivity index (χ1) is 27.1. The van der Waals surface area contributed by atoms with E-state index >= 15 is 0 Å². The minimum atomic E-state index is -0.311. The van der Waals surface area contributed by atoms with E-state index in [9.17, 15) is 9.59 Å². The van der Waals surface area contributed by atoms with Gasteiger partial charge in [0, 0.05) is 105 Å². The summed E-state index contributed by atoms with van der Waals surface area (Å²) in [5.74, 6) is -0.524. The third-order valence-corrected chi connectivity index (χ3v) is 12.8. The Morgan fingerprint density at radius 2 is 1.07 bits per heavy atom. The minimum Gasteiger partial charge on any atom is -0.399 e. The molecule has 7 rings (SSSR count). The third-order valence-electron chi connectivity index (χ3n) is 12.0. The van der Waals surface area contributed by atoms with E-state index < -0.39 is 0 Å². The molecule has 3 aliphatic heterocycles. The fraction of sp³-hybridized carbons (Fsp3) is 0.550. The normalized spacial score (nSPS) is 18.1. The van der Waals surface area contributed by atoms with Crippen LogP contribution < -0.4 is 26.7 Å². The van der Waals surface area contributed by atoms with Gasteiger partial charge in [-0.1, -0.05) is 34.8 Å². The summed E-state index contributed by atoms with van der Waals surface area (Å²) < 4.78 is 15.8. The second-order valence-corrected chi connectivity index (χ2v) is 17.5. The van der Waals surface area contributed by atoms with Crippen LogP contribution in [0.1, 0.15) is 76.2 Å². The highest BCUT2D eigenvalue weighted by Crippen LogP contribution is 2.41. The van der Waals surface area contributed by atoms with Crippen LogP contribution in [0.3, 0.4) is 0 Å². The van der Waals surface area contributed by atoms with Gasteiger partial charge in [0.15, 0.2) is 0 Å². The van der Waals surface area contributed by atoms with E-state index in [-0.39, 0.29) is 42.0 Å². The van der Waals surface area contributed by atoms with E-state index in [4.69, 9.17) is 55.6 Å². The van der Waals surface area contributed by atoms with Crippen LogP contribution in [0.4, 0.5) is 11.4 Å². The Balaban J connectivity index is 0.000000170. The molecule has 4 aromatic rings. The molecule has 3 saturated heterocycles. The standard InChI is InChI=1S/C17H22ClN5O.C12H21BN2O2.C11H13Cl2N3O/c1-10-15(11(2)22(3)21-10)13-8-20-9-14(18)16(13)23-6-4-12(5-7-23)17(19)24;1-8-10(9(2)15(7)14-8)13-16-11(3,4)12(5,6)17-13;12-8-5-15-6-9(13)10(8)16-3-1-7(2-4-16)11(14)17/h8-9,12H,4-7H2,1-3H3,(H2,19,24);1-7H3;5-7H,1-4H2,(H2,14,17). The maximum Gasteiger partial charge on any atom is 0.498 e. The summed E-state index contributed by atoms with van der Waals surface area (Å²) in [6.07, 6.45) is 9.64. The summed E-state index contributed by atoms with van der Waals surface area (Å²) in [5.41, 5.74) is 19.1. The number of halogens is 3. The molecular formula is C40H56BCl3N10O4. The van der Waals surface area contributed by atoms with E-state index in [1.807, 2.05) is 57.4 Å². The second kappa shape index (κ2) is 18.2. The van der Waals surface area contributed by atoms with Gasteiger partial charge in [-0.2, -0.15) is 10.2 Å². The molecule has 2 amide bonds. The first kappa shape index (κ1) is 45.2. The van der Waals surface area contributed by atoms with Crippen LogP contribution in [-0.2, 0) is 33.0 Å². The molecule has 18 heteroatoms. The molecule has 4 aromatic heterocycles. The number of anilines is 2. The number of carbonyl (C=O) groups excluding carboxylic acids is 2. The van der Waals surface area contributed by atoms with Crippen molar-refractivity contribution in [3.63, 3.8) is 0 Å². The fourth-order valence-electron chi connectivity index (χ4n) is 7.67. The molecule has 4 N–H and O–H groups in total. The molecule has 314 valence electrons. The summed E-state index contributed by atoms with van der Waals surface area (Å²) in [6.45, 7) is 19.3. The molecule has 58 heavy (non-hydrogen) atoms. The van der Waals surface area contributed by atoms with E-state index in [1.54, 1.807) is 18.6 Å². The molecule has 0 atom stereocenters. The average molecular weight is 858 g/mol. The lowest BCUT2D eigenvalue weighted by Crippen LogP contribution is -2.41. The van der Waals surface area contributed by atoms with Crippen LogP contribution in [0.25, 0.3) is 11.1 Å². The van der Waals surface area contributed by atoms with Crippen LogP contribution in [0.5, 0.6) is 0 Å². The van der Waals surface area contributed by atoms with Crippen molar-refractivity contribution in [1.82, 2.24) is 29.5 Å². The Hall–Kier alpha value is -3.89. The van der Waals surface area contributed by atoms with E-state index in [2.05, 4.69) is 57.7 Å². The predicted octanol–water partition coefficient (Wildman–Crippen LogP) is 5.88. The largest absolute Gasteiger partial charge is 0.498 e. The number of piperidine rings is 2. The summed E-state index contributed by atoms with van der Waals surface area (Å²) in [4.78, 5) is 35.0. The molecule has 7 heterocycles. The Morgan fingerprint density at radius 1 is 0.672 bits per heavy atom. The Labute approximate surface area is 357 Å². The number of hydrogen-bond donors (Lipinski definition) is 2. The van der Waals surface area contributed by atoms with Gasteiger partial charge in [0.25, 0.3) is 0 Å². The van der Waals surface area contributed by atoms with Gasteiger partial charge in [-0.05, 0) is 81.1 Å². The highest BCUT2D eigenvalue weighted by molar-refractivity contribution is 6.63. The third kappa shape index (κ3) is 9.60. The average Bonchev–Trinajstić information content (AvgIpc) is 3.65. The number of primary amides is 2. The maximum absolute atomic E-state index is 11.4. The number of amides is 2. The highest BCUT2D eigenvalue weighted by atomic mass is 35.5. The number of aromatic nitrogens is 6. The van der Waals surface area contributed by atoms with Crippen molar-refractivity contribution in [2.45, 2.75) is 92.3 Å². The summed E-state index contributed by atoms with van der Waals surface area (Å²) >= 11 is 18.7. The van der Waals surface area contributed by atoms with Gasteiger partial charge in [0.1, 0.15) is 0 Å². The topological polar surface area (TPSA) is 173 Å². The zero-order valence-electron chi connectivity index (χ0n) is 35.2. The first-order valence-corrected chi connectivity index (χ1v) is 20.7. The molecule has 0 radical (unpaired) electrons. The Bertz CT molecular complexity index is 2090. The number of nitrogens with two attached hydrogens (primary N) is 2. The monoisotopic (exact) mass is 856 g/mol. The Morgan fingerprint density at radius 3 is 1.47 bits per heavy atom. The van der Waals surface area contributed by atoms with Crippen molar-refractivity contribution in [2.75, 3.05) is 36.0 Å². The lowest BCUT2D eigenvalue weighted by molar-refractivity contribution is -0.123. The van der Waals surface area contributed by atoms with Crippen LogP contribution in [0, 0.1) is 39.5 Å². The summed E-state index contributed by atoms with van der Waals surface area (Å²) in [7, 11) is 3.56. The zero-order chi connectivity index (χ0) is 42.9. The lowest BCUT2D eigenvalue weighted by Gasteiger charge is -2.34. The number of hydrogen-bond acceptors (Lipinski definition) is 10. The maximum atomic E-state index is 11.4. The van der Waals surface area contributed by atoms with Gasteiger partial charge >= 0.3 is 7.12 Å². The highest BCUT2D eigenvalue weighted by Gasteiger charge is 2.53. The van der Waals surface area contributed by atoms with Crippen molar-refractivity contribution in [1.29, 1.82) is 0 Å². The molecule has 0 bridgehead atoms. The van der Waals surface area contributed by atoms with E-state index in [0.29, 0.717) is 15.1 Å². The number of aryl methyl sites for hydroxylation is 4. The first-order valence-electron chi connectivity index (χ1n) is 19.5. The van der Waals surface area contributed by atoms with Gasteiger partial charge in [-0.3, -0.25) is 28.9 Å². The molecule has 0 saturated carbocycles. The minimum absolute atomic E-state index is 0.0364. The zero-order valence-corrected chi connectivity index (χ0v) is 37.5. The number of pyridine rings is 2. The van der Waals surface area contributed by atoms with Crippen molar-refractivity contribution < 1.29 is 18.9 Å². The van der Waals surface area contributed by atoms with Gasteiger partial charge in [0.05, 0.1) is 49.0 Å². The smallest absolute Gasteiger partial charge is 0.399 e. The van der Waals surface area contributed by atoms with Crippen LogP contribution in [0.15, 0.2) is 24.8 Å². The number of carbonyl (C=O) groups is 2. The number of rotatable bonds is 6. The van der Waals surface area contributed by atoms with Crippen molar-refractivity contribution in [3.05, 3.63) is 62.6 Å². The van der Waals surface area contributed by atoms with E-state index in [0.717, 1.165) is 103 Å². The van der Waals surface area contributed by atoms with Gasteiger partial charge < -0.3 is 30.6 Å². The summed E-state index contributed by atoms with van der Waals surface area (Å²) in [6, 6.07) is 0. The SMILES string of the molecule is Cc1nn(C)c(C)c1-c1cncc(Cl)c1N1CCC(C(N)=O)CC1.Cc1nn(C)c(C)c1B1OC(C)(C)C(C)(C)O1.NC(=O)C1CCN(c2c(Cl)cncc2Cl)CC1. The van der Waals surface area contributed by atoms with E-state index in [1.165, 1.54) is 0 Å². The second-order valence-electron chi connectivity index (χ2n) is 16.3. The molecular weight excluding hydrogens is 802 g/mol. The fourth-order valence-corrected chi connectivity index (χ4v) is 8.55. The van der Waals surface area contributed by atoms with Gasteiger partial charge in [-0.15, -0.1) is 0 Å². The van der Waals surface area contributed by atoms with Crippen molar-refractivity contribution in [2.24, 2.45) is 37.4 Å².